The summed E-state index contributed by atoms with van der Waals surface area (Å²) >= 11 is 1.63. The number of aryl methyl sites for hydroxylation is 2. The zero-order valence-electron chi connectivity index (χ0n) is 12.4. The van der Waals surface area contributed by atoms with Gasteiger partial charge >= 0.3 is 0 Å². The van der Waals surface area contributed by atoms with E-state index < -0.39 is 0 Å². The highest BCUT2D eigenvalue weighted by Crippen LogP contribution is 2.22. The fourth-order valence-corrected chi connectivity index (χ4v) is 3.16. The first-order chi connectivity index (χ1) is 10.6. The third-order valence-electron chi connectivity index (χ3n) is 3.47. The van der Waals surface area contributed by atoms with Gasteiger partial charge in [-0.1, -0.05) is 0 Å². The van der Waals surface area contributed by atoms with Gasteiger partial charge in [0.25, 0.3) is 5.91 Å². The van der Waals surface area contributed by atoms with Crippen LogP contribution in [0.25, 0.3) is 0 Å². The average Bonchev–Trinajstić information content (AvgIpc) is 3.22. The third-order valence-corrected chi connectivity index (χ3v) is 4.17. The van der Waals surface area contributed by atoms with Crippen LogP contribution in [0.3, 0.4) is 0 Å². The maximum absolute atomic E-state index is 12.1. The van der Waals surface area contributed by atoms with Crippen molar-refractivity contribution in [1.29, 1.82) is 0 Å². The summed E-state index contributed by atoms with van der Waals surface area (Å²) < 4.78 is 7.08. The molecule has 0 aliphatic heterocycles. The molecule has 0 saturated carbocycles. The van der Waals surface area contributed by atoms with Crippen LogP contribution in [-0.4, -0.2) is 22.2 Å². The lowest BCUT2D eigenvalue weighted by Gasteiger charge is -2.19. The quantitative estimate of drug-likeness (QED) is 0.786. The van der Waals surface area contributed by atoms with Gasteiger partial charge in [-0.2, -0.15) is 16.4 Å². The van der Waals surface area contributed by atoms with Gasteiger partial charge in [-0.25, -0.2) is 0 Å². The first-order valence-corrected chi connectivity index (χ1v) is 7.96. The molecule has 0 aliphatic carbocycles. The van der Waals surface area contributed by atoms with Crippen LogP contribution in [0.4, 0.5) is 0 Å². The second-order valence-electron chi connectivity index (χ2n) is 5.13. The highest BCUT2D eigenvalue weighted by atomic mass is 32.1. The smallest absolute Gasteiger partial charge is 0.287 e. The molecule has 0 saturated heterocycles. The number of furan rings is 1. The van der Waals surface area contributed by atoms with Gasteiger partial charge < -0.3 is 9.73 Å². The van der Waals surface area contributed by atoms with Gasteiger partial charge in [0, 0.05) is 12.2 Å². The van der Waals surface area contributed by atoms with Crippen molar-refractivity contribution in [2.24, 2.45) is 0 Å². The molecule has 3 rings (SSSR count). The normalized spacial score (nSPS) is 12.3. The predicted molar refractivity (Wildman–Crippen MR) is 85.2 cm³/mol. The number of thiophene rings is 1. The minimum Gasteiger partial charge on any atom is -0.459 e. The van der Waals surface area contributed by atoms with Crippen molar-refractivity contribution in [3.63, 3.8) is 0 Å². The Kier molecular flexibility index (Phi) is 4.11. The second kappa shape index (κ2) is 6.19. The lowest BCUT2D eigenvalue weighted by atomic mass is 10.1. The van der Waals surface area contributed by atoms with Crippen LogP contribution in [0.1, 0.15) is 33.5 Å². The van der Waals surface area contributed by atoms with Crippen LogP contribution < -0.4 is 5.32 Å². The zero-order valence-corrected chi connectivity index (χ0v) is 13.3. The minimum absolute atomic E-state index is 0.0288. The SMILES string of the molecule is Cc1cc(C)n(C(CNC(=O)c2ccco2)c2ccsc2)n1. The van der Waals surface area contributed by atoms with E-state index in [2.05, 4.69) is 21.9 Å². The number of hydrogen-bond acceptors (Lipinski definition) is 4. The first kappa shape index (κ1) is 14.6. The third kappa shape index (κ3) is 2.96. The maximum Gasteiger partial charge on any atom is 0.287 e. The molecule has 114 valence electrons. The Hall–Kier alpha value is -2.34. The molecule has 0 bridgehead atoms. The molecule has 0 aromatic carbocycles. The van der Waals surface area contributed by atoms with Crippen LogP contribution in [0, 0.1) is 13.8 Å². The van der Waals surface area contributed by atoms with E-state index in [9.17, 15) is 4.79 Å². The van der Waals surface area contributed by atoms with Gasteiger partial charge in [-0.15, -0.1) is 0 Å². The molecular weight excluding hydrogens is 298 g/mol. The van der Waals surface area contributed by atoms with Crippen molar-refractivity contribution in [3.05, 3.63) is 64.0 Å². The summed E-state index contributed by atoms with van der Waals surface area (Å²) in [6.07, 6.45) is 1.49. The lowest BCUT2D eigenvalue weighted by Crippen LogP contribution is -2.31. The molecule has 0 spiro atoms. The van der Waals surface area contributed by atoms with Crippen molar-refractivity contribution in [3.8, 4) is 0 Å². The van der Waals surface area contributed by atoms with Gasteiger partial charge in [0.05, 0.1) is 18.0 Å². The molecule has 3 aromatic rings. The number of carbonyl (C=O) groups is 1. The Morgan fingerprint density at radius 3 is 2.91 bits per heavy atom. The van der Waals surface area contributed by atoms with Crippen molar-refractivity contribution in [2.45, 2.75) is 19.9 Å². The number of amides is 1. The van der Waals surface area contributed by atoms with E-state index in [-0.39, 0.29) is 11.9 Å². The van der Waals surface area contributed by atoms with Crippen LogP contribution in [0.15, 0.2) is 45.7 Å². The van der Waals surface area contributed by atoms with Crippen LogP contribution in [0.2, 0.25) is 0 Å². The summed E-state index contributed by atoms with van der Waals surface area (Å²) in [5.41, 5.74) is 3.17. The van der Waals surface area contributed by atoms with E-state index in [1.165, 1.54) is 6.26 Å². The lowest BCUT2D eigenvalue weighted by molar-refractivity contribution is 0.0921. The van der Waals surface area contributed by atoms with E-state index in [1.54, 1.807) is 23.5 Å². The summed E-state index contributed by atoms with van der Waals surface area (Å²) in [4.78, 5) is 12.1. The van der Waals surface area contributed by atoms with E-state index >= 15 is 0 Å². The van der Waals surface area contributed by atoms with Crippen molar-refractivity contribution in [2.75, 3.05) is 6.54 Å². The molecule has 0 radical (unpaired) electrons. The topological polar surface area (TPSA) is 60.1 Å². The number of rotatable bonds is 5. The Bertz CT molecular complexity index is 745. The summed E-state index contributed by atoms with van der Waals surface area (Å²) in [6.45, 7) is 4.45. The second-order valence-corrected chi connectivity index (χ2v) is 5.91. The fraction of sp³-hybridized carbons (Fsp3) is 0.250. The van der Waals surface area contributed by atoms with E-state index in [0.29, 0.717) is 12.3 Å². The largest absolute Gasteiger partial charge is 0.459 e. The van der Waals surface area contributed by atoms with Crippen LogP contribution >= 0.6 is 11.3 Å². The monoisotopic (exact) mass is 315 g/mol. The summed E-state index contributed by atoms with van der Waals surface area (Å²) in [5.74, 6) is 0.101. The van der Waals surface area contributed by atoms with Gasteiger partial charge in [0.2, 0.25) is 0 Å². The van der Waals surface area contributed by atoms with Gasteiger partial charge in [-0.05, 0) is 54.4 Å². The molecule has 0 aliphatic rings. The minimum atomic E-state index is -0.216. The van der Waals surface area contributed by atoms with Gasteiger partial charge in [0.1, 0.15) is 0 Å². The molecule has 5 nitrogen and oxygen atoms in total. The molecule has 22 heavy (non-hydrogen) atoms. The number of nitrogens with zero attached hydrogens (tertiary/aromatic N) is 2. The fourth-order valence-electron chi connectivity index (χ4n) is 2.46. The number of hydrogen-bond donors (Lipinski definition) is 1. The Morgan fingerprint density at radius 1 is 1.45 bits per heavy atom. The van der Waals surface area contributed by atoms with Crippen molar-refractivity contribution >= 4 is 17.2 Å². The molecule has 1 amide bonds. The summed E-state index contributed by atoms with van der Waals surface area (Å²) in [7, 11) is 0. The maximum atomic E-state index is 12.1. The van der Waals surface area contributed by atoms with Crippen LogP contribution in [-0.2, 0) is 0 Å². The molecule has 1 N–H and O–H groups in total. The van der Waals surface area contributed by atoms with Gasteiger partial charge in [-0.3, -0.25) is 9.48 Å². The Balaban J connectivity index is 1.81. The highest BCUT2D eigenvalue weighted by molar-refractivity contribution is 7.07. The zero-order chi connectivity index (χ0) is 15.5. The van der Waals surface area contributed by atoms with Crippen molar-refractivity contribution < 1.29 is 9.21 Å². The molecule has 0 fully saturated rings. The molecule has 3 aromatic heterocycles. The number of nitrogens with one attached hydrogen (secondary N) is 1. The van der Waals surface area contributed by atoms with E-state index in [0.717, 1.165) is 17.0 Å². The molecule has 1 unspecified atom stereocenters. The molecule has 3 heterocycles. The Labute approximate surface area is 132 Å². The van der Waals surface area contributed by atoms with Crippen molar-refractivity contribution in [1.82, 2.24) is 15.1 Å². The van der Waals surface area contributed by atoms with E-state index in [1.807, 2.05) is 30.0 Å². The highest BCUT2D eigenvalue weighted by Gasteiger charge is 2.19. The van der Waals surface area contributed by atoms with Gasteiger partial charge in [0.15, 0.2) is 5.76 Å². The number of aromatic nitrogens is 2. The average molecular weight is 315 g/mol. The number of carbonyl (C=O) groups excluding carboxylic acids is 1. The van der Waals surface area contributed by atoms with Crippen LogP contribution in [0.5, 0.6) is 0 Å². The first-order valence-electron chi connectivity index (χ1n) is 7.01. The Morgan fingerprint density at radius 2 is 2.32 bits per heavy atom. The summed E-state index contributed by atoms with van der Waals surface area (Å²) in [5, 5.41) is 11.6. The van der Waals surface area contributed by atoms with E-state index in [4.69, 9.17) is 4.42 Å². The molecular formula is C16H17N3O2S. The molecule has 6 heteroatoms. The molecule has 1 atom stereocenters. The standard InChI is InChI=1S/C16H17N3O2S/c1-11-8-12(2)19(18-11)14(13-5-7-22-10-13)9-17-16(20)15-4-3-6-21-15/h3-8,10,14H,9H2,1-2H3,(H,17,20). The predicted octanol–water partition coefficient (Wildman–Crippen LogP) is 3.17. The summed E-state index contributed by atoms with van der Waals surface area (Å²) in [6, 6.07) is 7.42.